The standard InChI is InChI=1S/C12H12N2O2S/c13-9(12(15)16)6-11-14-10(7-17-11)8-4-2-1-3-5-8/h1-5,7,9H,6,13H2,(H,15,16)/t9-/m0/s1. The van der Waals surface area contributed by atoms with Crippen LogP contribution in [0.1, 0.15) is 5.01 Å². The van der Waals surface area contributed by atoms with Crippen LogP contribution in [0.4, 0.5) is 0 Å². The van der Waals surface area contributed by atoms with Crippen molar-refractivity contribution in [3.63, 3.8) is 0 Å². The minimum atomic E-state index is -0.999. The van der Waals surface area contributed by atoms with Crippen molar-refractivity contribution in [1.29, 1.82) is 0 Å². The Kier molecular flexibility index (Phi) is 3.51. The molecular formula is C12H12N2O2S. The molecule has 0 spiro atoms. The van der Waals surface area contributed by atoms with Crippen LogP contribution in [0.5, 0.6) is 0 Å². The molecule has 0 unspecified atom stereocenters. The summed E-state index contributed by atoms with van der Waals surface area (Å²) in [4.78, 5) is 15.0. The quantitative estimate of drug-likeness (QED) is 0.864. The third kappa shape index (κ3) is 2.89. The normalized spacial score (nSPS) is 12.3. The van der Waals surface area contributed by atoms with Crippen LogP contribution < -0.4 is 5.73 Å². The minimum absolute atomic E-state index is 0.271. The summed E-state index contributed by atoms with van der Waals surface area (Å²) >= 11 is 1.44. The Labute approximate surface area is 103 Å². The lowest BCUT2D eigenvalue weighted by Gasteiger charge is -2.02. The summed E-state index contributed by atoms with van der Waals surface area (Å²) in [6.45, 7) is 0. The zero-order chi connectivity index (χ0) is 12.3. The largest absolute Gasteiger partial charge is 0.480 e. The molecule has 88 valence electrons. The lowest BCUT2D eigenvalue weighted by atomic mass is 10.2. The highest BCUT2D eigenvalue weighted by molar-refractivity contribution is 7.10. The monoisotopic (exact) mass is 248 g/mol. The SMILES string of the molecule is N[C@@H](Cc1nc(-c2ccccc2)cs1)C(=O)O. The van der Waals surface area contributed by atoms with Crippen molar-refractivity contribution >= 4 is 17.3 Å². The smallest absolute Gasteiger partial charge is 0.320 e. The van der Waals surface area contributed by atoms with Gasteiger partial charge in [-0.3, -0.25) is 4.79 Å². The van der Waals surface area contributed by atoms with Crippen molar-refractivity contribution in [2.24, 2.45) is 5.73 Å². The average Bonchev–Trinajstić information content (AvgIpc) is 2.78. The maximum Gasteiger partial charge on any atom is 0.320 e. The third-order valence-corrected chi connectivity index (χ3v) is 3.20. The number of carbonyl (C=O) groups is 1. The molecule has 1 heterocycles. The molecule has 2 rings (SSSR count). The molecule has 0 aliphatic rings. The fourth-order valence-corrected chi connectivity index (χ4v) is 2.28. The Hall–Kier alpha value is -1.72. The molecule has 0 fully saturated rings. The molecule has 0 bridgehead atoms. The second kappa shape index (κ2) is 5.07. The third-order valence-electron chi connectivity index (χ3n) is 2.33. The van der Waals surface area contributed by atoms with Gasteiger partial charge < -0.3 is 10.8 Å². The van der Waals surface area contributed by atoms with Gasteiger partial charge in [-0.2, -0.15) is 0 Å². The van der Waals surface area contributed by atoms with Crippen molar-refractivity contribution in [2.75, 3.05) is 0 Å². The van der Waals surface area contributed by atoms with Crippen molar-refractivity contribution in [3.8, 4) is 11.3 Å². The number of aromatic nitrogens is 1. The van der Waals surface area contributed by atoms with Gasteiger partial charge in [0.15, 0.2) is 0 Å². The number of nitrogens with zero attached hydrogens (tertiary/aromatic N) is 1. The number of thiazole rings is 1. The van der Waals surface area contributed by atoms with E-state index in [2.05, 4.69) is 4.98 Å². The van der Waals surface area contributed by atoms with E-state index in [1.54, 1.807) is 0 Å². The van der Waals surface area contributed by atoms with Crippen LogP contribution in [0.25, 0.3) is 11.3 Å². The van der Waals surface area contributed by atoms with Crippen molar-refractivity contribution in [2.45, 2.75) is 12.5 Å². The molecule has 1 aromatic carbocycles. The van der Waals surface area contributed by atoms with E-state index in [1.165, 1.54) is 11.3 Å². The molecule has 0 radical (unpaired) electrons. The molecular weight excluding hydrogens is 236 g/mol. The van der Waals surface area contributed by atoms with Gasteiger partial charge in [0.2, 0.25) is 0 Å². The lowest BCUT2D eigenvalue weighted by molar-refractivity contribution is -0.138. The molecule has 3 N–H and O–H groups in total. The molecule has 17 heavy (non-hydrogen) atoms. The molecule has 1 aromatic heterocycles. The summed E-state index contributed by atoms with van der Waals surface area (Å²) in [5.41, 5.74) is 7.35. The second-order valence-corrected chi connectivity index (χ2v) is 4.58. The van der Waals surface area contributed by atoms with E-state index in [0.717, 1.165) is 16.3 Å². The number of aliphatic carboxylic acids is 1. The molecule has 0 saturated carbocycles. The fraction of sp³-hybridized carbons (Fsp3) is 0.167. The van der Waals surface area contributed by atoms with Crippen LogP contribution in [0.2, 0.25) is 0 Å². The van der Waals surface area contributed by atoms with Crippen LogP contribution in [0, 0.1) is 0 Å². The van der Waals surface area contributed by atoms with Gasteiger partial charge in [0.1, 0.15) is 6.04 Å². The van der Waals surface area contributed by atoms with Gasteiger partial charge in [-0.25, -0.2) is 4.98 Å². The number of nitrogens with two attached hydrogens (primary N) is 1. The minimum Gasteiger partial charge on any atom is -0.480 e. The van der Waals surface area contributed by atoms with E-state index in [-0.39, 0.29) is 6.42 Å². The second-order valence-electron chi connectivity index (χ2n) is 3.64. The Bertz CT molecular complexity index is 510. The summed E-state index contributed by atoms with van der Waals surface area (Å²) in [6.07, 6.45) is 0.271. The Morgan fingerprint density at radius 1 is 1.41 bits per heavy atom. The van der Waals surface area contributed by atoms with E-state index in [4.69, 9.17) is 10.8 Å². The highest BCUT2D eigenvalue weighted by Crippen LogP contribution is 2.22. The fourth-order valence-electron chi connectivity index (χ4n) is 1.42. The first-order chi connectivity index (χ1) is 8.16. The van der Waals surface area contributed by atoms with Gasteiger partial charge in [-0.1, -0.05) is 30.3 Å². The predicted molar refractivity (Wildman–Crippen MR) is 66.9 cm³/mol. The Morgan fingerprint density at radius 3 is 2.76 bits per heavy atom. The van der Waals surface area contributed by atoms with E-state index in [0.29, 0.717) is 0 Å². The van der Waals surface area contributed by atoms with Crippen molar-refractivity contribution in [1.82, 2.24) is 4.98 Å². The number of benzene rings is 1. The van der Waals surface area contributed by atoms with Gasteiger partial charge in [-0.15, -0.1) is 11.3 Å². The van der Waals surface area contributed by atoms with Crippen LogP contribution in [-0.4, -0.2) is 22.1 Å². The molecule has 0 saturated heterocycles. The van der Waals surface area contributed by atoms with Crippen molar-refractivity contribution in [3.05, 3.63) is 40.7 Å². The Morgan fingerprint density at radius 2 is 2.12 bits per heavy atom. The number of carboxylic acids is 1. The number of rotatable bonds is 4. The first-order valence-electron chi connectivity index (χ1n) is 5.15. The van der Waals surface area contributed by atoms with Gasteiger partial charge in [0.05, 0.1) is 10.7 Å². The number of carboxylic acid groups (broad SMARTS) is 1. The van der Waals surface area contributed by atoms with Gasteiger partial charge in [0.25, 0.3) is 0 Å². The van der Waals surface area contributed by atoms with E-state index >= 15 is 0 Å². The van der Waals surface area contributed by atoms with Crippen LogP contribution in [0.3, 0.4) is 0 Å². The van der Waals surface area contributed by atoms with Gasteiger partial charge in [-0.05, 0) is 0 Å². The molecule has 0 aliphatic carbocycles. The highest BCUT2D eigenvalue weighted by atomic mass is 32.1. The molecule has 2 aromatic rings. The summed E-state index contributed by atoms with van der Waals surface area (Å²) < 4.78 is 0. The van der Waals surface area contributed by atoms with E-state index < -0.39 is 12.0 Å². The van der Waals surface area contributed by atoms with Crippen molar-refractivity contribution < 1.29 is 9.90 Å². The van der Waals surface area contributed by atoms with Gasteiger partial charge >= 0.3 is 5.97 Å². The highest BCUT2D eigenvalue weighted by Gasteiger charge is 2.14. The van der Waals surface area contributed by atoms with Crippen LogP contribution >= 0.6 is 11.3 Å². The first-order valence-corrected chi connectivity index (χ1v) is 6.03. The van der Waals surface area contributed by atoms with E-state index in [9.17, 15) is 4.79 Å². The summed E-state index contributed by atoms with van der Waals surface area (Å²) in [5.74, 6) is -0.999. The molecule has 4 nitrogen and oxygen atoms in total. The predicted octanol–water partition coefficient (Wildman–Crippen LogP) is 1.76. The van der Waals surface area contributed by atoms with Crippen LogP contribution in [-0.2, 0) is 11.2 Å². The zero-order valence-corrected chi connectivity index (χ0v) is 9.85. The lowest BCUT2D eigenvalue weighted by Crippen LogP contribution is -2.32. The summed E-state index contributed by atoms with van der Waals surface area (Å²) in [5, 5.41) is 11.4. The Balaban J connectivity index is 2.14. The number of hydrogen-bond acceptors (Lipinski definition) is 4. The summed E-state index contributed by atoms with van der Waals surface area (Å²) in [6, 6.07) is 8.88. The van der Waals surface area contributed by atoms with Crippen LogP contribution in [0.15, 0.2) is 35.7 Å². The average molecular weight is 248 g/mol. The zero-order valence-electron chi connectivity index (χ0n) is 9.04. The van der Waals surface area contributed by atoms with E-state index in [1.807, 2.05) is 35.7 Å². The first kappa shape index (κ1) is 11.8. The number of hydrogen-bond donors (Lipinski definition) is 2. The maximum atomic E-state index is 10.6. The molecule has 0 aliphatic heterocycles. The molecule has 5 heteroatoms. The molecule has 1 atom stereocenters. The molecule has 0 amide bonds. The maximum absolute atomic E-state index is 10.6. The van der Waals surface area contributed by atoms with Gasteiger partial charge in [0, 0.05) is 17.4 Å². The topological polar surface area (TPSA) is 76.2 Å². The summed E-state index contributed by atoms with van der Waals surface area (Å²) in [7, 11) is 0.